The van der Waals surface area contributed by atoms with Gasteiger partial charge in [0.1, 0.15) is 11.4 Å². The van der Waals surface area contributed by atoms with E-state index < -0.39 is 23.3 Å². The minimum Gasteiger partial charge on any atom is -0.460 e. The molecule has 1 aromatic carbocycles. The average Bonchev–Trinajstić information content (AvgIpc) is 2.29. The highest BCUT2D eigenvalue weighted by molar-refractivity contribution is 9.10. The number of amides is 1. The normalized spacial score (nSPS) is 11.1. The Hall–Kier alpha value is -1.43. The van der Waals surface area contributed by atoms with E-state index in [1.165, 1.54) is 12.1 Å². The number of hydrogen-bond acceptors (Lipinski definition) is 3. The topological polar surface area (TPSA) is 55.4 Å². The maximum Gasteiger partial charge on any atom is 0.306 e. The number of ether oxygens (including phenoxy) is 1. The van der Waals surface area contributed by atoms with Crippen molar-refractivity contribution in [3.8, 4) is 0 Å². The zero-order chi connectivity index (χ0) is 15.3. The lowest BCUT2D eigenvalue weighted by atomic mass is 10.2. The lowest BCUT2D eigenvalue weighted by Crippen LogP contribution is -2.24. The van der Waals surface area contributed by atoms with Gasteiger partial charge in [0.05, 0.1) is 12.1 Å². The molecule has 1 aromatic rings. The highest BCUT2D eigenvalue weighted by Gasteiger charge is 2.17. The molecule has 0 spiro atoms. The van der Waals surface area contributed by atoms with Crippen molar-refractivity contribution < 1.29 is 18.7 Å². The van der Waals surface area contributed by atoms with Crippen LogP contribution < -0.4 is 5.32 Å². The first kappa shape index (κ1) is 16.6. The summed E-state index contributed by atoms with van der Waals surface area (Å²) in [7, 11) is 0. The van der Waals surface area contributed by atoms with Crippen molar-refractivity contribution in [1.82, 2.24) is 0 Å². The summed E-state index contributed by atoms with van der Waals surface area (Å²) in [6, 6.07) is 4.39. The fourth-order valence-electron chi connectivity index (χ4n) is 1.43. The van der Waals surface area contributed by atoms with Crippen LogP contribution in [0.1, 0.15) is 33.6 Å². The number of benzene rings is 1. The third-order valence-corrected chi connectivity index (χ3v) is 2.86. The number of nitrogens with one attached hydrogen (secondary N) is 1. The molecule has 0 saturated carbocycles. The molecule has 0 aliphatic rings. The Kier molecular flexibility index (Phi) is 5.68. The van der Waals surface area contributed by atoms with Gasteiger partial charge in [-0.1, -0.05) is 6.07 Å². The van der Waals surface area contributed by atoms with Crippen LogP contribution in [-0.4, -0.2) is 17.5 Å². The molecule has 0 saturated heterocycles. The predicted octanol–water partition coefficient (Wildman–Crippen LogP) is 3.65. The fourth-order valence-corrected chi connectivity index (χ4v) is 1.87. The van der Waals surface area contributed by atoms with Gasteiger partial charge in [0.25, 0.3) is 0 Å². The SMILES string of the molecule is CC(C)(C)OC(=O)CCC(=O)Nc1c(F)cccc1Br. The number of esters is 1. The van der Waals surface area contributed by atoms with E-state index >= 15 is 0 Å². The van der Waals surface area contributed by atoms with Crippen LogP contribution in [0.4, 0.5) is 10.1 Å². The van der Waals surface area contributed by atoms with Crippen LogP contribution in [0.3, 0.4) is 0 Å². The second kappa shape index (κ2) is 6.83. The van der Waals surface area contributed by atoms with E-state index in [2.05, 4.69) is 21.2 Å². The summed E-state index contributed by atoms with van der Waals surface area (Å²) in [5, 5.41) is 2.43. The summed E-state index contributed by atoms with van der Waals surface area (Å²) in [4.78, 5) is 23.1. The largest absolute Gasteiger partial charge is 0.460 e. The van der Waals surface area contributed by atoms with Crippen LogP contribution in [0, 0.1) is 5.82 Å². The molecule has 0 fully saturated rings. The smallest absolute Gasteiger partial charge is 0.306 e. The van der Waals surface area contributed by atoms with Gasteiger partial charge in [-0.15, -0.1) is 0 Å². The number of anilines is 1. The molecule has 0 heterocycles. The first-order valence-corrected chi connectivity index (χ1v) is 6.94. The molecule has 0 aliphatic heterocycles. The highest BCUT2D eigenvalue weighted by Crippen LogP contribution is 2.25. The van der Waals surface area contributed by atoms with Gasteiger partial charge in [0.2, 0.25) is 5.91 Å². The summed E-state index contributed by atoms with van der Waals surface area (Å²) in [6.45, 7) is 5.25. The van der Waals surface area contributed by atoms with E-state index in [0.29, 0.717) is 4.47 Å². The number of carbonyl (C=O) groups excluding carboxylic acids is 2. The second-order valence-corrected chi connectivity index (χ2v) is 6.09. The molecule has 20 heavy (non-hydrogen) atoms. The first-order valence-electron chi connectivity index (χ1n) is 6.15. The van der Waals surface area contributed by atoms with Crippen molar-refractivity contribution in [2.75, 3.05) is 5.32 Å². The predicted molar refractivity (Wildman–Crippen MR) is 77.8 cm³/mol. The summed E-state index contributed by atoms with van der Waals surface area (Å²) in [5.74, 6) is -1.44. The lowest BCUT2D eigenvalue weighted by molar-refractivity contribution is -0.155. The van der Waals surface area contributed by atoms with Crippen LogP contribution in [0.15, 0.2) is 22.7 Å². The van der Waals surface area contributed by atoms with Gasteiger partial charge in [0, 0.05) is 10.9 Å². The van der Waals surface area contributed by atoms with Gasteiger partial charge in [-0.05, 0) is 48.8 Å². The van der Waals surface area contributed by atoms with E-state index in [9.17, 15) is 14.0 Å². The molecule has 1 amide bonds. The minimum atomic E-state index is -0.581. The van der Waals surface area contributed by atoms with Gasteiger partial charge in [-0.3, -0.25) is 9.59 Å². The van der Waals surface area contributed by atoms with Crippen LogP contribution in [0.5, 0.6) is 0 Å². The number of rotatable bonds is 4. The molecule has 6 heteroatoms. The maximum atomic E-state index is 13.5. The summed E-state index contributed by atoms with van der Waals surface area (Å²) in [6.07, 6.45) is -0.106. The molecule has 110 valence electrons. The van der Waals surface area contributed by atoms with Crippen molar-refractivity contribution >= 4 is 33.5 Å². The Morgan fingerprint density at radius 1 is 1.30 bits per heavy atom. The molecule has 0 aliphatic carbocycles. The van der Waals surface area contributed by atoms with Gasteiger partial charge < -0.3 is 10.1 Å². The van der Waals surface area contributed by atoms with E-state index in [0.717, 1.165) is 0 Å². The quantitative estimate of drug-likeness (QED) is 0.847. The van der Waals surface area contributed by atoms with Crippen LogP contribution in [-0.2, 0) is 14.3 Å². The zero-order valence-electron chi connectivity index (χ0n) is 11.6. The summed E-state index contributed by atoms with van der Waals surface area (Å²) in [5.41, 5.74) is -0.510. The van der Waals surface area contributed by atoms with Crippen molar-refractivity contribution in [3.63, 3.8) is 0 Å². The number of carbonyl (C=O) groups is 2. The number of hydrogen-bond donors (Lipinski definition) is 1. The van der Waals surface area contributed by atoms with Crippen molar-refractivity contribution in [2.45, 2.75) is 39.2 Å². The monoisotopic (exact) mass is 345 g/mol. The van der Waals surface area contributed by atoms with E-state index in [1.54, 1.807) is 26.8 Å². The molecule has 1 rings (SSSR count). The maximum absolute atomic E-state index is 13.5. The van der Waals surface area contributed by atoms with Crippen LogP contribution in [0.25, 0.3) is 0 Å². The number of halogens is 2. The Balaban J connectivity index is 2.51. The highest BCUT2D eigenvalue weighted by atomic mass is 79.9. The molecule has 0 radical (unpaired) electrons. The Morgan fingerprint density at radius 2 is 1.95 bits per heavy atom. The molecule has 1 N–H and O–H groups in total. The van der Waals surface area contributed by atoms with Crippen LogP contribution in [0.2, 0.25) is 0 Å². The molecular formula is C14H17BrFNO3. The summed E-state index contributed by atoms with van der Waals surface area (Å²) >= 11 is 3.15. The van der Waals surface area contributed by atoms with E-state index in [4.69, 9.17) is 4.74 Å². The third-order valence-electron chi connectivity index (χ3n) is 2.20. The standard InChI is InChI=1S/C14H17BrFNO3/c1-14(2,3)20-12(19)8-7-11(18)17-13-9(15)5-4-6-10(13)16/h4-6H,7-8H2,1-3H3,(H,17,18). The van der Waals surface area contributed by atoms with Gasteiger partial charge in [0.15, 0.2) is 0 Å². The van der Waals surface area contributed by atoms with Gasteiger partial charge in [-0.2, -0.15) is 0 Å². The molecule has 0 bridgehead atoms. The lowest BCUT2D eigenvalue weighted by Gasteiger charge is -2.19. The number of para-hydroxylation sites is 1. The molecule has 0 unspecified atom stereocenters. The minimum absolute atomic E-state index is 0.0465. The first-order chi connectivity index (χ1) is 9.19. The Morgan fingerprint density at radius 3 is 2.50 bits per heavy atom. The van der Waals surface area contributed by atoms with Gasteiger partial charge in [-0.25, -0.2) is 4.39 Å². The third kappa shape index (κ3) is 5.69. The Bertz CT molecular complexity index is 491. The van der Waals surface area contributed by atoms with Crippen LogP contribution >= 0.6 is 15.9 Å². The van der Waals surface area contributed by atoms with E-state index in [-0.39, 0.29) is 18.5 Å². The van der Waals surface area contributed by atoms with Crippen molar-refractivity contribution in [2.24, 2.45) is 0 Å². The molecule has 0 atom stereocenters. The Labute approximate surface area is 125 Å². The fraction of sp³-hybridized carbons (Fsp3) is 0.429. The average molecular weight is 346 g/mol. The van der Waals surface area contributed by atoms with Gasteiger partial charge >= 0.3 is 5.97 Å². The zero-order valence-corrected chi connectivity index (χ0v) is 13.2. The van der Waals surface area contributed by atoms with Crippen molar-refractivity contribution in [1.29, 1.82) is 0 Å². The molecule has 4 nitrogen and oxygen atoms in total. The van der Waals surface area contributed by atoms with Crippen molar-refractivity contribution in [3.05, 3.63) is 28.5 Å². The molecule has 0 aromatic heterocycles. The summed E-state index contributed by atoms with van der Waals surface area (Å²) < 4.78 is 19.0. The second-order valence-electron chi connectivity index (χ2n) is 5.23. The van der Waals surface area contributed by atoms with E-state index in [1.807, 2.05) is 0 Å². The molecular weight excluding hydrogens is 329 g/mol.